The van der Waals surface area contributed by atoms with Crippen molar-refractivity contribution in [2.45, 2.75) is 25.0 Å². The van der Waals surface area contributed by atoms with E-state index in [0.29, 0.717) is 6.42 Å². The molecule has 0 radical (unpaired) electrons. The van der Waals surface area contributed by atoms with Crippen molar-refractivity contribution in [3.8, 4) is 0 Å². The fourth-order valence-electron chi connectivity index (χ4n) is 1.32. The molecule has 104 valence electrons. The molecule has 1 aromatic rings. The second kappa shape index (κ2) is 5.67. The summed E-state index contributed by atoms with van der Waals surface area (Å²) in [5, 5.41) is -1.39. The largest absolute Gasteiger partial charge is 0.328 e. The van der Waals surface area contributed by atoms with Gasteiger partial charge in [-0.3, -0.25) is 8.84 Å². The van der Waals surface area contributed by atoms with Crippen molar-refractivity contribution >= 4 is 20.2 Å². The van der Waals surface area contributed by atoms with Gasteiger partial charge >= 0.3 is 10.1 Å². The summed E-state index contributed by atoms with van der Waals surface area (Å²) in [5.41, 5.74) is 0. The summed E-state index contributed by atoms with van der Waals surface area (Å²) in [7, 11) is -8.55. The predicted octanol–water partition coefficient (Wildman–Crippen LogP) is -0.302. The highest BCUT2D eigenvalue weighted by atomic mass is 32.2. The summed E-state index contributed by atoms with van der Waals surface area (Å²) in [6, 6.07) is 0. The lowest BCUT2D eigenvalue weighted by molar-refractivity contribution is 0.278. The Labute approximate surface area is 105 Å². The van der Waals surface area contributed by atoms with E-state index in [-0.39, 0.29) is 6.42 Å². The summed E-state index contributed by atoms with van der Waals surface area (Å²) < 4.78 is 59.5. The van der Waals surface area contributed by atoms with Gasteiger partial charge in [0.1, 0.15) is 17.3 Å². The molecule has 0 fully saturated rings. The van der Waals surface area contributed by atoms with E-state index in [9.17, 15) is 16.8 Å². The van der Waals surface area contributed by atoms with Gasteiger partial charge in [-0.2, -0.15) is 21.6 Å². The lowest BCUT2D eigenvalue weighted by Gasteiger charge is -2.13. The van der Waals surface area contributed by atoms with Gasteiger partial charge in [0.15, 0.2) is 0 Å². The maximum atomic E-state index is 11.6. The number of aromatic nitrogens is 2. The van der Waals surface area contributed by atoms with Crippen LogP contribution in [0.5, 0.6) is 0 Å². The molecular weight excluding hydrogens is 284 g/mol. The molecule has 0 aliphatic carbocycles. The van der Waals surface area contributed by atoms with Crippen molar-refractivity contribution in [2.24, 2.45) is 0 Å². The van der Waals surface area contributed by atoms with Gasteiger partial charge in [0, 0.05) is 6.20 Å². The minimum Gasteiger partial charge on any atom is -0.286 e. The number of rotatable bonds is 7. The Bertz CT molecular complexity index is 563. The third kappa shape index (κ3) is 4.63. The van der Waals surface area contributed by atoms with Crippen LogP contribution in [0.4, 0.5) is 0 Å². The molecule has 1 N–H and O–H groups in total. The van der Waals surface area contributed by atoms with Crippen LogP contribution in [-0.2, 0) is 20.2 Å². The summed E-state index contributed by atoms with van der Waals surface area (Å²) in [4.78, 5) is 3.58. The van der Waals surface area contributed by atoms with E-state index in [0.717, 1.165) is 11.1 Å². The Morgan fingerprint density at radius 2 is 2.06 bits per heavy atom. The van der Waals surface area contributed by atoms with Crippen LogP contribution in [0.2, 0.25) is 0 Å². The van der Waals surface area contributed by atoms with Crippen molar-refractivity contribution in [1.82, 2.24) is 9.71 Å². The van der Waals surface area contributed by atoms with Gasteiger partial charge in [0.2, 0.25) is 0 Å². The summed E-state index contributed by atoms with van der Waals surface area (Å²) in [6.07, 6.45) is 4.12. The van der Waals surface area contributed by atoms with E-state index in [1.807, 2.05) is 0 Å². The quantitative estimate of drug-likeness (QED) is 0.687. The average molecular weight is 298 g/mol. The number of hydrogen-bond acceptors (Lipinski definition) is 6. The second-order valence-electron chi connectivity index (χ2n) is 3.65. The monoisotopic (exact) mass is 298 g/mol. The topological polar surface area (TPSA) is 116 Å². The van der Waals surface area contributed by atoms with E-state index in [1.165, 1.54) is 12.4 Å². The van der Waals surface area contributed by atoms with Crippen molar-refractivity contribution in [1.29, 1.82) is 0 Å². The van der Waals surface area contributed by atoms with Crippen molar-refractivity contribution in [3.05, 3.63) is 18.7 Å². The van der Waals surface area contributed by atoms with Gasteiger partial charge in [-0.25, -0.2) is 4.98 Å². The molecule has 1 unspecified atom stereocenters. The SMILES string of the molecule is CCCC(CS(=O)(=O)On1ccnc1)S(=O)(=O)O. The Morgan fingerprint density at radius 1 is 1.39 bits per heavy atom. The van der Waals surface area contributed by atoms with Crippen LogP contribution in [0.15, 0.2) is 18.7 Å². The third-order valence-electron chi connectivity index (χ3n) is 2.10. The van der Waals surface area contributed by atoms with Crippen molar-refractivity contribution in [3.63, 3.8) is 0 Å². The van der Waals surface area contributed by atoms with Crippen LogP contribution in [0.25, 0.3) is 0 Å². The summed E-state index contributed by atoms with van der Waals surface area (Å²) >= 11 is 0. The van der Waals surface area contributed by atoms with Gasteiger partial charge in [0.05, 0.1) is 6.20 Å². The standard InChI is InChI=1S/C8H14N2O6S2/c1-2-3-8(18(13,14)15)6-17(11,12)16-10-5-4-9-7-10/h4-5,7-8H,2-3,6H2,1H3,(H,13,14,15). The van der Waals surface area contributed by atoms with Gasteiger partial charge in [0.25, 0.3) is 10.1 Å². The molecule has 1 aromatic heterocycles. The molecule has 0 saturated carbocycles. The molecule has 8 nitrogen and oxygen atoms in total. The van der Waals surface area contributed by atoms with Crippen LogP contribution in [-0.4, -0.2) is 42.1 Å². The first kappa shape index (κ1) is 14.9. The zero-order valence-corrected chi connectivity index (χ0v) is 11.3. The molecule has 1 atom stereocenters. The molecular formula is C8H14N2O6S2. The zero-order valence-electron chi connectivity index (χ0n) is 9.63. The van der Waals surface area contributed by atoms with Crippen LogP contribution in [0, 0.1) is 0 Å². The van der Waals surface area contributed by atoms with E-state index >= 15 is 0 Å². The van der Waals surface area contributed by atoms with Crippen molar-refractivity contribution in [2.75, 3.05) is 5.75 Å². The average Bonchev–Trinajstić information content (AvgIpc) is 2.67. The smallest absolute Gasteiger partial charge is 0.286 e. The van der Waals surface area contributed by atoms with E-state index in [2.05, 4.69) is 9.27 Å². The fraction of sp³-hybridized carbons (Fsp3) is 0.625. The molecule has 0 amide bonds. The first-order valence-electron chi connectivity index (χ1n) is 5.11. The molecule has 0 spiro atoms. The molecule has 1 rings (SSSR count). The van der Waals surface area contributed by atoms with Gasteiger partial charge in [-0.15, -0.1) is 0 Å². The molecule has 0 aliphatic rings. The lowest BCUT2D eigenvalue weighted by Crippen LogP contribution is -2.33. The van der Waals surface area contributed by atoms with Crippen molar-refractivity contribution < 1.29 is 25.7 Å². The second-order valence-corrected chi connectivity index (χ2v) is 6.94. The summed E-state index contributed by atoms with van der Waals surface area (Å²) in [5.74, 6) is -0.808. The highest BCUT2D eigenvalue weighted by Gasteiger charge is 2.30. The molecule has 0 aromatic carbocycles. The van der Waals surface area contributed by atoms with E-state index in [4.69, 9.17) is 4.55 Å². The van der Waals surface area contributed by atoms with Crippen LogP contribution >= 0.6 is 0 Å². The molecule has 0 saturated heterocycles. The van der Waals surface area contributed by atoms with Gasteiger partial charge in [-0.1, -0.05) is 13.3 Å². The Hall–Kier alpha value is -1.13. The van der Waals surface area contributed by atoms with Gasteiger partial charge < -0.3 is 0 Å². The van der Waals surface area contributed by atoms with Crippen LogP contribution in [0.3, 0.4) is 0 Å². The minimum atomic E-state index is -4.42. The third-order valence-corrected chi connectivity index (χ3v) is 4.77. The molecule has 1 heterocycles. The van der Waals surface area contributed by atoms with Crippen LogP contribution < -0.4 is 4.28 Å². The number of hydrogen-bond donors (Lipinski definition) is 1. The normalized spacial score (nSPS) is 14.3. The molecule has 0 bridgehead atoms. The lowest BCUT2D eigenvalue weighted by atomic mass is 10.3. The molecule has 0 aliphatic heterocycles. The summed E-state index contributed by atoms with van der Waals surface area (Å²) in [6.45, 7) is 1.68. The zero-order chi connectivity index (χ0) is 13.8. The minimum absolute atomic E-state index is 0.0331. The fourth-order valence-corrected chi connectivity index (χ4v) is 4.08. The first-order chi connectivity index (χ1) is 8.24. The predicted molar refractivity (Wildman–Crippen MR) is 62.8 cm³/mol. The van der Waals surface area contributed by atoms with Gasteiger partial charge in [-0.05, 0) is 6.42 Å². The first-order valence-corrected chi connectivity index (χ1v) is 8.19. The Kier molecular flexibility index (Phi) is 4.71. The maximum absolute atomic E-state index is 11.6. The highest BCUT2D eigenvalue weighted by Crippen LogP contribution is 2.10. The van der Waals surface area contributed by atoms with E-state index in [1.54, 1.807) is 6.92 Å². The van der Waals surface area contributed by atoms with E-state index < -0.39 is 31.2 Å². The molecule has 18 heavy (non-hydrogen) atoms. The Morgan fingerprint density at radius 3 is 2.50 bits per heavy atom. The number of imidazole rings is 1. The Balaban J connectivity index is 2.80. The maximum Gasteiger partial charge on any atom is 0.328 e. The highest BCUT2D eigenvalue weighted by molar-refractivity contribution is 7.90. The molecule has 10 heteroatoms. The van der Waals surface area contributed by atoms with Crippen LogP contribution in [0.1, 0.15) is 19.8 Å². The number of nitrogens with zero attached hydrogens (tertiary/aromatic N) is 2.